The van der Waals surface area contributed by atoms with E-state index in [-0.39, 0.29) is 12.4 Å². The van der Waals surface area contributed by atoms with E-state index in [4.69, 9.17) is 4.74 Å². The number of hydrogen-bond donors (Lipinski definition) is 2. The number of nitrogens with one attached hydrogen (secondary N) is 1. The molecule has 2 N–H and O–H groups in total. The number of aliphatic hydroxyl groups is 1. The highest BCUT2D eigenvalue weighted by atomic mass is 19.1. The van der Waals surface area contributed by atoms with Crippen molar-refractivity contribution in [3.05, 3.63) is 53.9 Å². The van der Waals surface area contributed by atoms with Crippen molar-refractivity contribution in [1.29, 1.82) is 0 Å². The van der Waals surface area contributed by atoms with E-state index in [2.05, 4.69) is 25.3 Å². The van der Waals surface area contributed by atoms with E-state index in [0.29, 0.717) is 30.3 Å². The highest BCUT2D eigenvalue weighted by molar-refractivity contribution is 5.65. The van der Waals surface area contributed by atoms with Crippen LogP contribution in [0.15, 0.2) is 36.8 Å². The molecule has 0 fully saturated rings. The van der Waals surface area contributed by atoms with Gasteiger partial charge in [-0.3, -0.25) is 4.68 Å². The number of nitrogens with zero attached hydrogens (tertiary/aromatic N) is 5. The van der Waals surface area contributed by atoms with Gasteiger partial charge in [0.05, 0.1) is 44.4 Å². The Balaban J connectivity index is 1.57. The van der Waals surface area contributed by atoms with Gasteiger partial charge < -0.3 is 20.1 Å². The summed E-state index contributed by atoms with van der Waals surface area (Å²) in [5.41, 5.74) is 2.42. The molecular formula is C18H19FN6O2. The second-order valence-electron chi connectivity index (χ2n) is 6.15. The zero-order chi connectivity index (χ0) is 18.8. The molecule has 0 saturated carbocycles. The molecule has 0 bridgehead atoms. The zero-order valence-corrected chi connectivity index (χ0v) is 14.8. The summed E-state index contributed by atoms with van der Waals surface area (Å²) in [7, 11) is 1.49. The summed E-state index contributed by atoms with van der Waals surface area (Å²) in [5.74, 6) is 1.35. The minimum Gasteiger partial charge on any atom is -0.494 e. The first-order chi connectivity index (χ1) is 13.2. The molecule has 1 aliphatic heterocycles. The topological polar surface area (TPSA) is 88.3 Å². The number of aliphatic hydroxyl groups excluding tert-OH is 1. The third-order valence-electron chi connectivity index (χ3n) is 4.53. The van der Waals surface area contributed by atoms with E-state index in [1.807, 2.05) is 10.7 Å². The van der Waals surface area contributed by atoms with E-state index >= 15 is 0 Å². The number of fused-ring (bicyclic) bond motifs is 1. The van der Waals surface area contributed by atoms with Crippen LogP contribution in [0.5, 0.6) is 5.75 Å². The SMILES string of the molecule is COc1cc(F)ccc1Nc1cc(N2CCn3ncc(CO)c3C2)ncn1. The van der Waals surface area contributed by atoms with Crippen LogP contribution < -0.4 is 15.0 Å². The Bertz CT molecular complexity index is 947. The van der Waals surface area contributed by atoms with Gasteiger partial charge in [-0.2, -0.15) is 5.10 Å². The van der Waals surface area contributed by atoms with Gasteiger partial charge in [0, 0.05) is 24.2 Å². The number of benzene rings is 1. The van der Waals surface area contributed by atoms with Crippen LogP contribution in [-0.2, 0) is 19.7 Å². The Morgan fingerprint density at radius 3 is 2.96 bits per heavy atom. The van der Waals surface area contributed by atoms with Gasteiger partial charge in [0.15, 0.2) is 0 Å². The standard InChI is InChI=1S/C18H19FN6O2/c1-27-16-6-13(19)2-3-14(16)23-17-7-18(21-11-20-17)24-4-5-25-15(9-24)12(10-26)8-22-25/h2-3,6-8,11,26H,4-5,9-10H2,1H3,(H,20,21,23). The van der Waals surface area contributed by atoms with Gasteiger partial charge in [-0.1, -0.05) is 0 Å². The van der Waals surface area contributed by atoms with Gasteiger partial charge in [0.25, 0.3) is 0 Å². The fourth-order valence-electron chi connectivity index (χ4n) is 3.12. The summed E-state index contributed by atoms with van der Waals surface area (Å²) in [6.45, 7) is 2.03. The quantitative estimate of drug-likeness (QED) is 0.711. The van der Waals surface area contributed by atoms with Crippen molar-refractivity contribution in [3.63, 3.8) is 0 Å². The van der Waals surface area contributed by atoms with E-state index in [1.54, 1.807) is 12.3 Å². The molecule has 1 aliphatic rings. The highest BCUT2D eigenvalue weighted by Gasteiger charge is 2.21. The zero-order valence-electron chi connectivity index (χ0n) is 14.8. The van der Waals surface area contributed by atoms with Crippen molar-refractivity contribution < 1.29 is 14.2 Å². The maximum atomic E-state index is 13.4. The molecule has 4 rings (SSSR count). The van der Waals surface area contributed by atoms with Gasteiger partial charge >= 0.3 is 0 Å². The van der Waals surface area contributed by atoms with Crippen LogP contribution in [0, 0.1) is 5.82 Å². The maximum Gasteiger partial charge on any atom is 0.145 e. The van der Waals surface area contributed by atoms with Crippen molar-refractivity contribution in [1.82, 2.24) is 19.7 Å². The molecule has 0 atom stereocenters. The molecule has 1 aromatic carbocycles. The fourth-order valence-corrected chi connectivity index (χ4v) is 3.12. The first-order valence-corrected chi connectivity index (χ1v) is 8.50. The van der Waals surface area contributed by atoms with E-state index in [9.17, 15) is 9.50 Å². The van der Waals surface area contributed by atoms with Crippen LogP contribution in [0.4, 0.5) is 21.7 Å². The monoisotopic (exact) mass is 370 g/mol. The number of hydrogen-bond acceptors (Lipinski definition) is 7. The number of methoxy groups -OCH3 is 1. The number of halogens is 1. The second-order valence-corrected chi connectivity index (χ2v) is 6.15. The lowest BCUT2D eigenvalue weighted by Crippen LogP contribution is -2.35. The number of ether oxygens (including phenoxy) is 1. The molecule has 140 valence electrons. The average molecular weight is 370 g/mol. The molecule has 9 heteroatoms. The molecule has 0 spiro atoms. The Hall–Kier alpha value is -3.20. The van der Waals surface area contributed by atoms with E-state index in [1.165, 1.54) is 25.6 Å². The first-order valence-electron chi connectivity index (χ1n) is 8.50. The molecule has 0 radical (unpaired) electrons. The van der Waals surface area contributed by atoms with Gasteiger partial charge in [-0.15, -0.1) is 0 Å². The number of aromatic nitrogens is 4. The summed E-state index contributed by atoms with van der Waals surface area (Å²) < 4.78 is 20.5. The summed E-state index contributed by atoms with van der Waals surface area (Å²) in [4.78, 5) is 10.7. The van der Waals surface area contributed by atoms with Crippen molar-refractivity contribution in [2.45, 2.75) is 19.7 Å². The third-order valence-corrected chi connectivity index (χ3v) is 4.53. The van der Waals surface area contributed by atoms with Crippen LogP contribution >= 0.6 is 0 Å². The molecule has 0 saturated heterocycles. The minimum absolute atomic E-state index is 0.0376. The Morgan fingerprint density at radius 2 is 2.15 bits per heavy atom. The predicted molar refractivity (Wildman–Crippen MR) is 97.5 cm³/mol. The van der Waals surface area contributed by atoms with Crippen LogP contribution in [0.3, 0.4) is 0 Å². The molecule has 27 heavy (non-hydrogen) atoms. The Labute approximate surface area is 155 Å². The van der Waals surface area contributed by atoms with Crippen LogP contribution in [0.1, 0.15) is 11.3 Å². The van der Waals surface area contributed by atoms with Gasteiger partial charge in [0.1, 0.15) is 29.5 Å². The predicted octanol–water partition coefficient (Wildman–Crippen LogP) is 2.08. The lowest BCUT2D eigenvalue weighted by Gasteiger charge is -2.29. The smallest absolute Gasteiger partial charge is 0.145 e. The normalized spacial score (nSPS) is 13.4. The molecule has 0 amide bonds. The molecule has 0 unspecified atom stereocenters. The maximum absolute atomic E-state index is 13.4. The fraction of sp³-hybridized carbons (Fsp3) is 0.278. The summed E-state index contributed by atoms with van der Waals surface area (Å²) in [6.07, 6.45) is 3.18. The van der Waals surface area contributed by atoms with Gasteiger partial charge in [-0.05, 0) is 12.1 Å². The van der Waals surface area contributed by atoms with Crippen molar-refractivity contribution in [2.24, 2.45) is 0 Å². The van der Waals surface area contributed by atoms with Gasteiger partial charge in [-0.25, -0.2) is 14.4 Å². The summed E-state index contributed by atoms with van der Waals surface area (Å²) in [6, 6.07) is 6.10. The molecule has 2 aromatic heterocycles. The molecule has 3 heterocycles. The molecule has 8 nitrogen and oxygen atoms in total. The van der Waals surface area contributed by atoms with Crippen LogP contribution in [-0.4, -0.2) is 38.5 Å². The van der Waals surface area contributed by atoms with E-state index < -0.39 is 0 Å². The van der Waals surface area contributed by atoms with Crippen molar-refractivity contribution >= 4 is 17.3 Å². The number of rotatable bonds is 5. The molecule has 3 aromatic rings. The Morgan fingerprint density at radius 1 is 1.26 bits per heavy atom. The second kappa shape index (κ2) is 7.20. The van der Waals surface area contributed by atoms with Crippen molar-refractivity contribution in [3.8, 4) is 5.75 Å². The minimum atomic E-state index is -0.370. The molecular weight excluding hydrogens is 351 g/mol. The van der Waals surface area contributed by atoms with Crippen LogP contribution in [0.2, 0.25) is 0 Å². The van der Waals surface area contributed by atoms with Crippen LogP contribution in [0.25, 0.3) is 0 Å². The lowest BCUT2D eigenvalue weighted by atomic mass is 10.2. The first kappa shape index (κ1) is 17.2. The number of anilines is 3. The van der Waals surface area contributed by atoms with Gasteiger partial charge in [0.2, 0.25) is 0 Å². The summed E-state index contributed by atoms with van der Waals surface area (Å²) in [5, 5.41) is 16.9. The largest absolute Gasteiger partial charge is 0.494 e. The van der Waals surface area contributed by atoms with Crippen molar-refractivity contribution in [2.75, 3.05) is 23.9 Å². The average Bonchev–Trinajstić information content (AvgIpc) is 3.12. The van der Waals surface area contributed by atoms with E-state index in [0.717, 1.165) is 23.6 Å². The highest BCUT2D eigenvalue weighted by Crippen LogP contribution is 2.29. The lowest BCUT2D eigenvalue weighted by molar-refractivity contribution is 0.279. The Kier molecular flexibility index (Phi) is 4.59. The molecule has 0 aliphatic carbocycles. The third kappa shape index (κ3) is 3.41. The summed E-state index contributed by atoms with van der Waals surface area (Å²) >= 11 is 0.